The molecule has 0 unspecified atom stereocenters. The fraction of sp³-hybridized carbons (Fsp3) is 0.308. The average Bonchev–Trinajstić information content (AvgIpc) is 2.28. The number of benzene rings is 1. The van der Waals surface area contributed by atoms with E-state index in [-0.39, 0.29) is 17.8 Å². The van der Waals surface area contributed by atoms with Crippen molar-refractivity contribution < 1.29 is 13.9 Å². The number of halogens is 1. The number of hydrogen-bond acceptors (Lipinski definition) is 2. The van der Waals surface area contributed by atoms with Crippen LogP contribution in [-0.4, -0.2) is 25.7 Å². The Balaban J connectivity index is 2.47. The second-order valence-electron chi connectivity index (χ2n) is 3.75. The van der Waals surface area contributed by atoms with Crippen LogP contribution in [0.1, 0.15) is 12.5 Å². The zero-order valence-corrected chi connectivity index (χ0v) is 9.94. The predicted octanol–water partition coefficient (Wildman–Crippen LogP) is 1.99. The van der Waals surface area contributed by atoms with Crippen molar-refractivity contribution >= 4 is 12.0 Å². The minimum Gasteiger partial charge on any atom is -0.383 e. The number of carbonyl (C=O) groups excluding carboxylic acids is 1. The van der Waals surface area contributed by atoms with Gasteiger partial charge in [-0.05, 0) is 30.7 Å². The van der Waals surface area contributed by atoms with E-state index in [1.807, 2.05) is 6.92 Å². The Bertz CT molecular complexity index is 387. The third-order valence-corrected chi connectivity index (χ3v) is 2.10. The zero-order chi connectivity index (χ0) is 12.7. The van der Waals surface area contributed by atoms with Gasteiger partial charge < -0.3 is 10.1 Å². The molecular weight excluding hydrogens is 221 g/mol. The Morgan fingerprint density at radius 3 is 2.71 bits per heavy atom. The van der Waals surface area contributed by atoms with Crippen molar-refractivity contribution in [1.29, 1.82) is 0 Å². The number of amides is 1. The highest BCUT2D eigenvalue weighted by atomic mass is 19.1. The molecule has 0 spiro atoms. The third kappa shape index (κ3) is 5.26. The molecule has 0 aliphatic heterocycles. The summed E-state index contributed by atoms with van der Waals surface area (Å²) in [6.45, 7) is 2.32. The molecule has 0 radical (unpaired) electrons. The quantitative estimate of drug-likeness (QED) is 0.795. The zero-order valence-electron chi connectivity index (χ0n) is 9.94. The molecule has 0 saturated carbocycles. The molecule has 0 bridgehead atoms. The summed E-state index contributed by atoms with van der Waals surface area (Å²) in [5.74, 6) is -0.487. The van der Waals surface area contributed by atoms with E-state index in [9.17, 15) is 9.18 Å². The first-order valence-corrected chi connectivity index (χ1v) is 5.35. The lowest BCUT2D eigenvalue weighted by Gasteiger charge is -2.10. The maximum absolute atomic E-state index is 12.6. The highest BCUT2D eigenvalue weighted by molar-refractivity contribution is 5.91. The van der Waals surface area contributed by atoms with Gasteiger partial charge in [-0.2, -0.15) is 0 Å². The Morgan fingerprint density at radius 1 is 1.47 bits per heavy atom. The molecule has 1 N–H and O–H groups in total. The van der Waals surface area contributed by atoms with Crippen LogP contribution in [0.2, 0.25) is 0 Å². The summed E-state index contributed by atoms with van der Waals surface area (Å²) in [5, 5.41) is 2.74. The molecule has 0 aliphatic carbocycles. The number of nitrogens with one attached hydrogen (secondary N) is 1. The number of hydrogen-bond donors (Lipinski definition) is 1. The van der Waals surface area contributed by atoms with Gasteiger partial charge in [0.25, 0.3) is 0 Å². The second-order valence-corrected chi connectivity index (χ2v) is 3.75. The molecule has 4 heteroatoms. The molecule has 0 heterocycles. The fourth-order valence-corrected chi connectivity index (χ4v) is 1.33. The van der Waals surface area contributed by atoms with Gasteiger partial charge in [-0.25, -0.2) is 4.39 Å². The van der Waals surface area contributed by atoms with Crippen molar-refractivity contribution in [3.8, 4) is 0 Å². The smallest absolute Gasteiger partial charge is 0.244 e. The van der Waals surface area contributed by atoms with E-state index >= 15 is 0 Å². The summed E-state index contributed by atoms with van der Waals surface area (Å²) in [7, 11) is 1.58. The van der Waals surface area contributed by atoms with Gasteiger partial charge in [0.05, 0.1) is 6.61 Å². The molecule has 92 valence electrons. The molecule has 0 aliphatic rings. The van der Waals surface area contributed by atoms with Gasteiger partial charge in [-0.1, -0.05) is 12.1 Å². The lowest BCUT2D eigenvalue weighted by atomic mass is 10.2. The molecule has 17 heavy (non-hydrogen) atoms. The summed E-state index contributed by atoms with van der Waals surface area (Å²) in [4.78, 5) is 11.4. The summed E-state index contributed by atoms with van der Waals surface area (Å²) < 4.78 is 17.5. The largest absolute Gasteiger partial charge is 0.383 e. The second kappa shape index (κ2) is 6.81. The van der Waals surface area contributed by atoms with Crippen LogP contribution < -0.4 is 5.32 Å². The fourth-order valence-electron chi connectivity index (χ4n) is 1.33. The number of carbonyl (C=O) groups is 1. The lowest BCUT2D eigenvalue weighted by molar-refractivity contribution is -0.117. The normalized spacial score (nSPS) is 12.6. The maximum atomic E-state index is 12.6. The number of rotatable bonds is 5. The monoisotopic (exact) mass is 237 g/mol. The molecule has 0 fully saturated rings. The standard InChI is InChI=1S/C13H16FNO2/c1-10(9-17-2)15-13(16)8-5-11-3-6-12(14)7-4-11/h3-8,10H,9H2,1-2H3,(H,15,16)/b8-5+/t10-/m1/s1. The third-order valence-electron chi connectivity index (χ3n) is 2.10. The minimum atomic E-state index is -0.291. The van der Waals surface area contributed by atoms with Crippen LogP contribution in [-0.2, 0) is 9.53 Å². The van der Waals surface area contributed by atoms with Gasteiger partial charge in [-0.3, -0.25) is 4.79 Å². The lowest BCUT2D eigenvalue weighted by Crippen LogP contribution is -2.34. The molecule has 1 rings (SSSR count). The van der Waals surface area contributed by atoms with Crippen molar-refractivity contribution in [2.45, 2.75) is 13.0 Å². The van der Waals surface area contributed by atoms with Crippen LogP contribution in [0.25, 0.3) is 6.08 Å². The van der Waals surface area contributed by atoms with E-state index in [1.54, 1.807) is 25.3 Å². The summed E-state index contributed by atoms with van der Waals surface area (Å²) >= 11 is 0. The summed E-state index contributed by atoms with van der Waals surface area (Å²) in [6, 6.07) is 5.89. The molecule has 1 atom stereocenters. The molecule has 1 amide bonds. The van der Waals surface area contributed by atoms with Crippen LogP contribution in [0, 0.1) is 5.82 Å². The highest BCUT2D eigenvalue weighted by Gasteiger charge is 2.02. The van der Waals surface area contributed by atoms with Crippen LogP contribution in [0.15, 0.2) is 30.3 Å². The predicted molar refractivity (Wildman–Crippen MR) is 64.9 cm³/mol. The van der Waals surface area contributed by atoms with Crippen LogP contribution in [0.3, 0.4) is 0 Å². The first-order chi connectivity index (χ1) is 8.11. The first-order valence-electron chi connectivity index (χ1n) is 5.35. The van der Waals surface area contributed by atoms with Gasteiger partial charge >= 0.3 is 0 Å². The van der Waals surface area contributed by atoms with Gasteiger partial charge in [0.1, 0.15) is 5.82 Å². The van der Waals surface area contributed by atoms with E-state index in [1.165, 1.54) is 18.2 Å². The van der Waals surface area contributed by atoms with E-state index in [0.29, 0.717) is 6.61 Å². The molecule has 3 nitrogen and oxygen atoms in total. The van der Waals surface area contributed by atoms with Crippen molar-refractivity contribution in [1.82, 2.24) is 5.32 Å². The van der Waals surface area contributed by atoms with Crippen molar-refractivity contribution in [3.63, 3.8) is 0 Å². The van der Waals surface area contributed by atoms with Crippen LogP contribution in [0.5, 0.6) is 0 Å². The van der Waals surface area contributed by atoms with Crippen molar-refractivity contribution in [2.75, 3.05) is 13.7 Å². The van der Waals surface area contributed by atoms with Crippen LogP contribution >= 0.6 is 0 Å². The van der Waals surface area contributed by atoms with Crippen molar-refractivity contribution in [3.05, 3.63) is 41.7 Å². The molecule has 0 saturated heterocycles. The van der Waals surface area contributed by atoms with E-state index in [4.69, 9.17) is 4.74 Å². The topological polar surface area (TPSA) is 38.3 Å². The SMILES string of the molecule is COC[C@@H](C)NC(=O)/C=C/c1ccc(F)cc1. The van der Waals surface area contributed by atoms with Gasteiger partial charge in [0.15, 0.2) is 0 Å². The summed E-state index contributed by atoms with van der Waals surface area (Å²) in [6.07, 6.45) is 3.05. The maximum Gasteiger partial charge on any atom is 0.244 e. The molecule has 0 aromatic heterocycles. The minimum absolute atomic E-state index is 0.0367. The highest BCUT2D eigenvalue weighted by Crippen LogP contribution is 2.04. The van der Waals surface area contributed by atoms with E-state index < -0.39 is 0 Å². The average molecular weight is 237 g/mol. The van der Waals surface area contributed by atoms with E-state index in [2.05, 4.69) is 5.32 Å². The number of methoxy groups -OCH3 is 1. The first kappa shape index (κ1) is 13.4. The van der Waals surface area contributed by atoms with Gasteiger partial charge in [-0.15, -0.1) is 0 Å². The Morgan fingerprint density at radius 2 is 2.12 bits per heavy atom. The number of ether oxygens (including phenoxy) is 1. The molecular formula is C13H16FNO2. The molecule has 1 aromatic carbocycles. The van der Waals surface area contributed by atoms with Gasteiger partial charge in [0, 0.05) is 19.2 Å². The van der Waals surface area contributed by atoms with Crippen molar-refractivity contribution in [2.24, 2.45) is 0 Å². The Labute approximate surface area is 100 Å². The molecule has 1 aromatic rings. The Hall–Kier alpha value is -1.68. The Kier molecular flexibility index (Phi) is 5.36. The summed E-state index contributed by atoms with van der Waals surface area (Å²) in [5.41, 5.74) is 0.779. The van der Waals surface area contributed by atoms with Gasteiger partial charge in [0.2, 0.25) is 5.91 Å². The van der Waals surface area contributed by atoms with Crippen LogP contribution in [0.4, 0.5) is 4.39 Å². The van der Waals surface area contributed by atoms with E-state index in [0.717, 1.165) is 5.56 Å².